The van der Waals surface area contributed by atoms with Gasteiger partial charge >= 0.3 is 0 Å². The summed E-state index contributed by atoms with van der Waals surface area (Å²) in [6.45, 7) is 0. The van der Waals surface area contributed by atoms with E-state index in [2.05, 4.69) is 24.3 Å². The lowest BCUT2D eigenvalue weighted by Gasteiger charge is -2.06. The molecule has 0 radical (unpaired) electrons. The van der Waals surface area contributed by atoms with Crippen LogP contribution in [-0.2, 0) is 11.2 Å². The fraction of sp³-hybridized carbons (Fsp3) is 0.0769. The second kappa shape index (κ2) is 8.21. The van der Waals surface area contributed by atoms with Crippen LogP contribution in [0.4, 0.5) is 0 Å². The molecule has 0 fully saturated rings. The number of primary amides is 1. The summed E-state index contributed by atoms with van der Waals surface area (Å²) in [4.78, 5) is 11.2. The van der Waals surface area contributed by atoms with Crippen molar-refractivity contribution in [1.29, 1.82) is 5.41 Å². The Morgan fingerprint density at radius 3 is 2.33 bits per heavy atom. The molecule has 4 aromatic rings. The van der Waals surface area contributed by atoms with Crippen molar-refractivity contribution in [2.24, 2.45) is 5.73 Å². The van der Waals surface area contributed by atoms with Crippen molar-refractivity contribution in [2.45, 2.75) is 6.42 Å². The second-order valence-corrected chi connectivity index (χ2v) is 7.12. The van der Waals surface area contributed by atoms with Gasteiger partial charge in [0.1, 0.15) is 5.75 Å². The number of nitrogens with one attached hydrogen (secondary N) is 1. The Kier molecular flexibility index (Phi) is 5.31. The summed E-state index contributed by atoms with van der Waals surface area (Å²) in [6, 6.07) is 24.1. The number of hydrogen-bond donors (Lipinski definition) is 2. The largest absolute Gasteiger partial charge is 0.496 e. The van der Waals surface area contributed by atoms with Crippen molar-refractivity contribution in [3.8, 4) is 5.75 Å². The molecule has 4 aromatic carbocycles. The van der Waals surface area contributed by atoms with Crippen LogP contribution in [0.2, 0.25) is 0 Å². The molecular weight excluding hydrogens is 372 g/mol. The number of carbonyl (C=O) groups excluding carboxylic acids is 1. The number of benzene rings is 4. The molecule has 0 bridgehead atoms. The molecule has 0 aliphatic heterocycles. The van der Waals surface area contributed by atoms with E-state index in [1.165, 1.54) is 22.6 Å². The first kappa shape index (κ1) is 19.4. The van der Waals surface area contributed by atoms with E-state index in [0.29, 0.717) is 12.0 Å². The highest BCUT2D eigenvalue weighted by Crippen LogP contribution is 2.31. The third kappa shape index (κ3) is 3.55. The third-order valence-electron chi connectivity index (χ3n) is 5.37. The zero-order valence-corrected chi connectivity index (χ0v) is 16.7. The van der Waals surface area contributed by atoms with Crippen LogP contribution in [0.1, 0.15) is 16.7 Å². The summed E-state index contributed by atoms with van der Waals surface area (Å²) in [7, 11) is 1.66. The van der Waals surface area contributed by atoms with Gasteiger partial charge in [0, 0.05) is 29.2 Å². The van der Waals surface area contributed by atoms with Gasteiger partial charge in [-0.25, -0.2) is 0 Å². The minimum absolute atomic E-state index is 0.319. The molecule has 30 heavy (non-hydrogen) atoms. The maximum Gasteiger partial charge on any atom is 0.244 e. The standard InChI is InChI=1S/C14H11NO.C12H11NO/c15-14(16)11-7-10-6-5-9-3-1-2-4-12(9)13(10)8-11;1-14-12-7-6-9(8-13)10-4-2-3-5-11(10)12/h1-6,8H,7H2,(H2,15,16);2-8,13H,1H3. The normalized spacial score (nSPS) is 12.0. The van der Waals surface area contributed by atoms with Gasteiger partial charge in [0.25, 0.3) is 0 Å². The monoisotopic (exact) mass is 394 g/mol. The molecule has 1 aliphatic carbocycles. The van der Waals surface area contributed by atoms with Crippen molar-refractivity contribution in [1.82, 2.24) is 0 Å². The molecule has 0 aromatic heterocycles. The fourth-order valence-corrected chi connectivity index (χ4v) is 3.85. The van der Waals surface area contributed by atoms with E-state index >= 15 is 0 Å². The lowest BCUT2D eigenvalue weighted by atomic mass is 10.0. The van der Waals surface area contributed by atoms with E-state index in [9.17, 15) is 4.79 Å². The van der Waals surface area contributed by atoms with E-state index in [0.717, 1.165) is 27.6 Å². The maximum absolute atomic E-state index is 11.2. The van der Waals surface area contributed by atoms with Gasteiger partial charge in [-0.3, -0.25) is 4.79 Å². The SMILES string of the molecule is COc1ccc(C=N)c2ccccc12.NC(=O)C1=Cc2c(ccc3ccccc23)C1. The minimum atomic E-state index is -0.319. The number of fused-ring (bicyclic) bond motifs is 4. The number of carbonyl (C=O) groups is 1. The van der Waals surface area contributed by atoms with Gasteiger partial charge in [-0.05, 0) is 45.5 Å². The number of amides is 1. The predicted molar refractivity (Wildman–Crippen MR) is 123 cm³/mol. The summed E-state index contributed by atoms with van der Waals surface area (Å²) < 4.78 is 5.25. The van der Waals surface area contributed by atoms with Crippen LogP contribution in [0.5, 0.6) is 5.75 Å². The summed E-state index contributed by atoms with van der Waals surface area (Å²) >= 11 is 0. The van der Waals surface area contributed by atoms with Crippen molar-refractivity contribution in [3.05, 3.63) is 95.1 Å². The Balaban J connectivity index is 0.000000147. The van der Waals surface area contributed by atoms with E-state index in [-0.39, 0.29) is 5.91 Å². The van der Waals surface area contributed by atoms with Gasteiger partial charge in [0.2, 0.25) is 5.91 Å². The summed E-state index contributed by atoms with van der Waals surface area (Å²) in [6.07, 6.45) is 3.94. The second-order valence-electron chi connectivity index (χ2n) is 7.12. The summed E-state index contributed by atoms with van der Waals surface area (Å²) in [5.41, 5.74) is 9.27. The van der Waals surface area contributed by atoms with Gasteiger partial charge in [-0.2, -0.15) is 0 Å². The molecule has 3 N–H and O–H groups in total. The Labute approximate surface area is 175 Å². The highest BCUT2D eigenvalue weighted by Gasteiger charge is 2.17. The van der Waals surface area contributed by atoms with Crippen LogP contribution in [0.3, 0.4) is 0 Å². The molecule has 0 saturated heterocycles. The van der Waals surface area contributed by atoms with Crippen LogP contribution >= 0.6 is 0 Å². The van der Waals surface area contributed by atoms with Crippen LogP contribution < -0.4 is 10.5 Å². The summed E-state index contributed by atoms with van der Waals surface area (Å²) in [5, 5.41) is 11.8. The van der Waals surface area contributed by atoms with Crippen molar-refractivity contribution in [3.63, 3.8) is 0 Å². The Hall–Kier alpha value is -3.92. The predicted octanol–water partition coefficient (Wildman–Crippen LogP) is 5.11. The van der Waals surface area contributed by atoms with Crippen molar-refractivity contribution < 1.29 is 9.53 Å². The molecule has 0 unspecified atom stereocenters. The number of ether oxygens (including phenoxy) is 1. The molecule has 4 nitrogen and oxygen atoms in total. The van der Waals surface area contributed by atoms with Crippen LogP contribution in [0.25, 0.3) is 27.6 Å². The number of rotatable bonds is 3. The smallest absolute Gasteiger partial charge is 0.244 e. The summed E-state index contributed by atoms with van der Waals surface area (Å²) in [5.74, 6) is 0.534. The highest BCUT2D eigenvalue weighted by atomic mass is 16.5. The van der Waals surface area contributed by atoms with Gasteiger partial charge in [-0.1, -0.05) is 60.7 Å². The molecule has 0 heterocycles. The molecule has 5 rings (SSSR count). The molecule has 0 saturated carbocycles. The van der Waals surface area contributed by atoms with Crippen LogP contribution in [-0.4, -0.2) is 19.2 Å². The minimum Gasteiger partial charge on any atom is -0.496 e. The van der Waals surface area contributed by atoms with E-state index < -0.39 is 0 Å². The maximum atomic E-state index is 11.2. The quantitative estimate of drug-likeness (QED) is 0.474. The molecule has 1 amide bonds. The van der Waals surface area contributed by atoms with E-state index in [4.69, 9.17) is 15.9 Å². The van der Waals surface area contributed by atoms with E-state index in [1.54, 1.807) is 7.11 Å². The number of hydrogen-bond acceptors (Lipinski definition) is 3. The Morgan fingerprint density at radius 1 is 0.933 bits per heavy atom. The molecule has 4 heteroatoms. The van der Waals surface area contributed by atoms with Crippen molar-refractivity contribution >= 4 is 39.7 Å². The Bertz CT molecular complexity index is 1310. The molecule has 0 atom stereocenters. The topological polar surface area (TPSA) is 76.2 Å². The molecule has 148 valence electrons. The number of nitrogens with two attached hydrogens (primary N) is 1. The average Bonchev–Trinajstić information content (AvgIpc) is 3.24. The lowest BCUT2D eigenvalue weighted by molar-refractivity contribution is -0.114. The van der Waals surface area contributed by atoms with Gasteiger partial charge in [0.15, 0.2) is 0 Å². The fourth-order valence-electron chi connectivity index (χ4n) is 3.85. The first-order chi connectivity index (χ1) is 14.6. The zero-order valence-electron chi connectivity index (χ0n) is 16.7. The Morgan fingerprint density at radius 2 is 1.63 bits per heavy atom. The van der Waals surface area contributed by atoms with Gasteiger partial charge < -0.3 is 15.9 Å². The molecular formula is C26H22N2O2. The van der Waals surface area contributed by atoms with Crippen molar-refractivity contribution in [2.75, 3.05) is 7.11 Å². The average molecular weight is 394 g/mol. The molecule has 1 aliphatic rings. The van der Waals surface area contributed by atoms with Crippen LogP contribution in [0.15, 0.2) is 78.4 Å². The van der Waals surface area contributed by atoms with Gasteiger partial charge in [-0.15, -0.1) is 0 Å². The van der Waals surface area contributed by atoms with Gasteiger partial charge in [0.05, 0.1) is 7.11 Å². The third-order valence-corrected chi connectivity index (χ3v) is 5.37. The van der Waals surface area contributed by atoms with E-state index in [1.807, 2.05) is 54.6 Å². The zero-order chi connectivity index (χ0) is 21.1. The van der Waals surface area contributed by atoms with Crippen LogP contribution in [0, 0.1) is 5.41 Å². The highest BCUT2D eigenvalue weighted by molar-refractivity contribution is 6.04. The lowest BCUT2D eigenvalue weighted by Crippen LogP contribution is -2.13. The first-order valence-corrected chi connectivity index (χ1v) is 9.69. The number of methoxy groups -OCH3 is 1. The first-order valence-electron chi connectivity index (χ1n) is 9.69. The molecule has 0 spiro atoms.